The average Bonchev–Trinajstić information content (AvgIpc) is 2.91. The van der Waals surface area contributed by atoms with Gasteiger partial charge in [0.1, 0.15) is 5.69 Å². The molecule has 0 saturated heterocycles. The summed E-state index contributed by atoms with van der Waals surface area (Å²) >= 11 is 1.63. The summed E-state index contributed by atoms with van der Waals surface area (Å²) in [6.07, 6.45) is 0. The van der Waals surface area contributed by atoms with E-state index in [0.29, 0.717) is 5.69 Å². The second kappa shape index (κ2) is 3.92. The maximum absolute atomic E-state index is 10.8. The fourth-order valence-electron chi connectivity index (χ4n) is 1.78. The molecule has 0 bridgehead atoms. The predicted molar refractivity (Wildman–Crippen MR) is 68.9 cm³/mol. The zero-order chi connectivity index (χ0) is 12.7. The van der Waals surface area contributed by atoms with Gasteiger partial charge in [0.05, 0.1) is 20.9 Å². The van der Waals surface area contributed by atoms with E-state index in [1.807, 2.05) is 25.1 Å². The summed E-state index contributed by atoms with van der Waals surface area (Å²) in [5.41, 5.74) is 2.46. The maximum atomic E-state index is 10.8. The molecule has 0 fully saturated rings. The third-order valence-corrected chi connectivity index (χ3v) is 3.55. The van der Waals surface area contributed by atoms with Gasteiger partial charge in [0.25, 0.3) is 0 Å². The molecular weight excluding hydrogens is 250 g/mol. The van der Waals surface area contributed by atoms with Gasteiger partial charge in [0.2, 0.25) is 0 Å². The largest absolute Gasteiger partial charge is 0.477 e. The Labute approximate surface area is 106 Å². The molecule has 0 atom stereocenters. The summed E-state index contributed by atoms with van der Waals surface area (Å²) in [6, 6.07) is 7.33. The van der Waals surface area contributed by atoms with Crippen molar-refractivity contribution in [2.24, 2.45) is 0 Å². The second-order valence-corrected chi connectivity index (χ2v) is 5.12. The number of thiazole rings is 1. The minimum Gasteiger partial charge on any atom is -0.477 e. The van der Waals surface area contributed by atoms with Crippen LogP contribution in [0.15, 0.2) is 24.3 Å². The number of hydrogen-bond donors (Lipinski definition) is 2. The first kappa shape index (κ1) is 10.9. The number of aryl methyl sites for hydroxylation is 1. The first-order chi connectivity index (χ1) is 8.63. The zero-order valence-electron chi connectivity index (χ0n) is 9.47. The van der Waals surface area contributed by atoms with Crippen molar-refractivity contribution < 1.29 is 9.90 Å². The molecular formula is C12H9N3O2S. The number of aromatic nitrogens is 3. The average molecular weight is 259 g/mol. The van der Waals surface area contributed by atoms with Crippen LogP contribution in [0.3, 0.4) is 0 Å². The van der Waals surface area contributed by atoms with Crippen molar-refractivity contribution in [2.75, 3.05) is 0 Å². The lowest BCUT2D eigenvalue weighted by Crippen LogP contribution is -1.95. The van der Waals surface area contributed by atoms with Crippen molar-refractivity contribution in [2.45, 2.75) is 6.92 Å². The zero-order valence-corrected chi connectivity index (χ0v) is 10.3. The Hall–Kier alpha value is -2.21. The lowest BCUT2D eigenvalue weighted by molar-refractivity contribution is 0.0690. The number of carboxylic acid groups (broad SMARTS) is 1. The Morgan fingerprint density at radius 3 is 2.94 bits per heavy atom. The fraction of sp³-hybridized carbons (Fsp3) is 0.0833. The first-order valence-electron chi connectivity index (χ1n) is 5.30. The van der Waals surface area contributed by atoms with E-state index >= 15 is 0 Å². The van der Waals surface area contributed by atoms with Crippen molar-refractivity contribution >= 4 is 27.5 Å². The van der Waals surface area contributed by atoms with E-state index in [1.54, 1.807) is 11.3 Å². The summed E-state index contributed by atoms with van der Waals surface area (Å²) in [4.78, 5) is 15.2. The maximum Gasteiger partial charge on any atom is 0.353 e. The van der Waals surface area contributed by atoms with Crippen molar-refractivity contribution in [3.05, 3.63) is 35.0 Å². The van der Waals surface area contributed by atoms with E-state index in [1.165, 1.54) is 6.07 Å². The summed E-state index contributed by atoms with van der Waals surface area (Å²) in [7, 11) is 0. The van der Waals surface area contributed by atoms with E-state index in [4.69, 9.17) is 5.11 Å². The van der Waals surface area contributed by atoms with Gasteiger partial charge in [-0.2, -0.15) is 5.10 Å². The third kappa shape index (κ3) is 1.76. The molecule has 0 aliphatic carbocycles. The molecule has 90 valence electrons. The van der Waals surface area contributed by atoms with Gasteiger partial charge in [-0.1, -0.05) is 6.07 Å². The third-order valence-electron chi connectivity index (χ3n) is 2.60. The van der Waals surface area contributed by atoms with Crippen LogP contribution < -0.4 is 0 Å². The van der Waals surface area contributed by atoms with Crippen LogP contribution in [-0.2, 0) is 0 Å². The number of carboxylic acids is 1. The van der Waals surface area contributed by atoms with Gasteiger partial charge in [-0.25, -0.2) is 9.78 Å². The number of aromatic carboxylic acids is 1. The van der Waals surface area contributed by atoms with Crippen LogP contribution in [0.2, 0.25) is 0 Å². The van der Waals surface area contributed by atoms with Gasteiger partial charge in [-0.05, 0) is 25.1 Å². The van der Waals surface area contributed by atoms with Crippen LogP contribution in [0.4, 0.5) is 0 Å². The lowest BCUT2D eigenvalue weighted by atomic mass is 10.1. The molecule has 1 aromatic carbocycles. The van der Waals surface area contributed by atoms with Crippen LogP contribution in [0.1, 0.15) is 15.5 Å². The van der Waals surface area contributed by atoms with E-state index in [0.717, 1.165) is 20.8 Å². The molecule has 0 amide bonds. The molecule has 3 rings (SSSR count). The van der Waals surface area contributed by atoms with Gasteiger partial charge in [0.15, 0.2) is 0 Å². The van der Waals surface area contributed by atoms with E-state index < -0.39 is 5.97 Å². The Bertz CT molecular complexity index is 745. The molecule has 2 heterocycles. The number of benzene rings is 1. The van der Waals surface area contributed by atoms with E-state index in [2.05, 4.69) is 15.2 Å². The molecule has 5 nitrogen and oxygen atoms in total. The number of H-pyrrole nitrogens is 1. The van der Waals surface area contributed by atoms with Crippen LogP contribution >= 0.6 is 11.3 Å². The van der Waals surface area contributed by atoms with Gasteiger partial charge in [-0.15, -0.1) is 11.3 Å². The molecule has 18 heavy (non-hydrogen) atoms. The Balaban J connectivity index is 2.09. The van der Waals surface area contributed by atoms with Crippen molar-refractivity contribution in [3.8, 4) is 11.3 Å². The highest BCUT2D eigenvalue weighted by molar-refractivity contribution is 7.18. The quantitative estimate of drug-likeness (QED) is 0.741. The molecule has 0 radical (unpaired) electrons. The Morgan fingerprint density at radius 2 is 2.22 bits per heavy atom. The summed E-state index contributed by atoms with van der Waals surface area (Å²) < 4.78 is 1.12. The minimum absolute atomic E-state index is 0.0829. The van der Waals surface area contributed by atoms with Crippen LogP contribution in [0, 0.1) is 6.92 Å². The van der Waals surface area contributed by atoms with Gasteiger partial charge < -0.3 is 5.11 Å². The smallest absolute Gasteiger partial charge is 0.353 e. The van der Waals surface area contributed by atoms with Crippen molar-refractivity contribution in [1.29, 1.82) is 0 Å². The normalized spacial score (nSPS) is 10.9. The first-order valence-corrected chi connectivity index (χ1v) is 6.11. The molecule has 2 N–H and O–H groups in total. The highest BCUT2D eigenvalue weighted by atomic mass is 32.1. The van der Waals surface area contributed by atoms with Crippen molar-refractivity contribution in [3.63, 3.8) is 0 Å². The van der Waals surface area contributed by atoms with Gasteiger partial charge in [0, 0.05) is 5.56 Å². The van der Waals surface area contributed by atoms with Crippen LogP contribution in [0.25, 0.3) is 21.5 Å². The molecule has 0 spiro atoms. The van der Waals surface area contributed by atoms with Crippen molar-refractivity contribution in [1.82, 2.24) is 15.2 Å². The molecule has 6 heteroatoms. The number of aromatic amines is 1. The number of hydrogen-bond acceptors (Lipinski definition) is 4. The van der Waals surface area contributed by atoms with Crippen LogP contribution in [-0.4, -0.2) is 26.3 Å². The standard InChI is InChI=1S/C12H9N3O2S/c1-6-13-9-4-7(2-3-11(9)18-6)8-5-10(12(16)17)15-14-8/h2-5H,1H3,(H,14,15)(H,16,17). The summed E-state index contributed by atoms with van der Waals surface area (Å²) in [5.74, 6) is -1.01. The number of nitrogens with zero attached hydrogens (tertiary/aromatic N) is 2. The predicted octanol–water partition coefficient (Wildman–Crippen LogP) is 2.69. The highest BCUT2D eigenvalue weighted by Crippen LogP contribution is 2.26. The fourth-order valence-corrected chi connectivity index (χ4v) is 2.59. The monoisotopic (exact) mass is 259 g/mol. The second-order valence-electron chi connectivity index (χ2n) is 3.89. The minimum atomic E-state index is -1.01. The molecule has 0 aliphatic rings. The molecule has 2 aromatic heterocycles. The molecule has 3 aromatic rings. The van der Waals surface area contributed by atoms with Gasteiger partial charge in [-0.3, -0.25) is 5.10 Å². The lowest BCUT2D eigenvalue weighted by Gasteiger charge is -1.95. The number of fused-ring (bicyclic) bond motifs is 1. The highest BCUT2D eigenvalue weighted by Gasteiger charge is 2.10. The summed E-state index contributed by atoms with van der Waals surface area (Å²) in [6.45, 7) is 1.96. The number of carbonyl (C=O) groups is 1. The topological polar surface area (TPSA) is 78.9 Å². The molecule has 0 aliphatic heterocycles. The molecule has 0 unspecified atom stereocenters. The molecule has 0 saturated carbocycles. The SMILES string of the molecule is Cc1nc2cc(-c3cc(C(=O)O)[nH]n3)ccc2s1. The number of nitrogens with one attached hydrogen (secondary N) is 1. The Kier molecular flexibility index (Phi) is 2.38. The Morgan fingerprint density at radius 1 is 1.39 bits per heavy atom. The van der Waals surface area contributed by atoms with Crippen LogP contribution in [0.5, 0.6) is 0 Å². The number of rotatable bonds is 2. The van der Waals surface area contributed by atoms with E-state index in [9.17, 15) is 4.79 Å². The van der Waals surface area contributed by atoms with E-state index in [-0.39, 0.29) is 5.69 Å². The van der Waals surface area contributed by atoms with Gasteiger partial charge >= 0.3 is 5.97 Å². The summed E-state index contributed by atoms with van der Waals surface area (Å²) in [5, 5.41) is 16.3.